The van der Waals surface area contributed by atoms with Gasteiger partial charge < -0.3 is 14.8 Å². The van der Waals surface area contributed by atoms with Crippen LogP contribution in [0.25, 0.3) is 10.8 Å². The number of anilines is 1. The molecule has 0 amide bonds. The average Bonchev–Trinajstić information content (AvgIpc) is 3.14. The van der Waals surface area contributed by atoms with Crippen LogP contribution in [0.15, 0.2) is 47.0 Å². The van der Waals surface area contributed by atoms with Crippen LogP contribution in [0.1, 0.15) is 16.2 Å². The van der Waals surface area contributed by atoms with Crippen LogP contribution < -0.4 is 5.32 Å². The highest BCUT2D eigenvalue weighted by molar-refractivity contribution is 7.14. The van der Waals surface area contributed by atoms with Gasteiger partial charge in [0.25, 0.3) is 0 Å². The molecule has 0 saturated heterocycles. The number of hydrogen-bond donors (Lipinski definition) is 2. The van der Waals surface area contributed by atoms with Crippen molar-refractivity contribution in [2.45, 2.75) is 20.1 Å². The maximum absolute atomic E-state index is 9.31. The molecule has 0 spiro atoms. The molecule has 108 valence electrons. The van der Waals surface area contributed by atoms with Crippen molar-refractivity contribution < 1.29 is 9.52 Å². The molecule has 0 atom stereocenters. The second kappa shape index (κ2) is 6.11. The van der Waals surface area contributed by atoms with Gasteiger partial charge in [-0.2, -0.15) is 0 Å². The van der Waals surface area contributed by atoms with Gasteiger partial charge in [0.2, 0.25) is 0 Å². The van der Waals surface area contributed by atoms with Crippen LogP contribution in [0.2, 0.25) is 0 Å². The summed E-state index contributed by atoms with van der Waals surface area (Å²) in [7, 11) is 0. The summed E-state index contributed by atoms with van der Waals surface area (Å²) in [5.74, 6) is 1.69. The van der Waals surface area contributed by atoms with E-state index in [2.05, 4.69) is 10.3 Å². The van der Waals surface area contributed by atoms with Gasteiger partial charge in [0.05, 0.1) is 13.2 Å². The van der Waals surface area contributed by atoms with Crippen molar-refractivity contribution in [2.24, 2.45) is 0 Å². The number of nitrogens with zero attached hydrogens (tertiary/aromatic N) is 1. The van der Waals surface area contributed by atoms with Crippen molar-refractivity contribution in [3.05, 3.63) is 58.8 Å². The Morgan fingerprint density at radius 1 is 1.24 bits per heavy atom. The predicted octanol–water partition coefficient (Wildman–Crippen LogP) is 3.82. The Bertz CT molecular complexity index is 733. The zero-order valence-electron chi connectivity index (χ0n) is 11.7. The highest BCUT2D eigenvalue weighted by Gasteiger charge is 2.08. The zero-order chi connectivity index (χ0) is 14.7. The van der Waals surface area contributed by atoms with Gasteiger partial charge in [-0.1, -0.05) is 18.2 Å². The molecule has 0 aliphatic carbocycles. The minimum atomic E-state index is 0.0305. The van der Waals surface area contributed by atoms with Crippen molar-refractivity contribution >= 4 is 17.0 Å². The summed E-state index contributed by atoms with van der Waals surface area (Å²) in [6.07, 6.45) is 1.85. The lowest BCUT2D eigenvalue weighted by Crippen LogP contribution is -2.00. The van der Waals surface area contributed by atoms with E-state index in [-0.39, 0.29) is 6.61 Å². The van der Waals surface area contributed by atoms with Crippen LogP contribution in [0, 0.1) is 6.92 Å². The number of aromatic nitrogens is 1. The first kappa shape index (κ1) is 13.9. The molecule has 4 nitrogen and oxygen atoms in total. The summed E-state index contributed by atoms with van der Waals surface area (Å²) >= 11 is 1.60. The molecular weight excluding hydrogens is 284 g/mol. The van der Waals surface area contributed by atoms with Crippen molar-refractivity contribution in [3.8, 4) is 10.8 Å². The smallest absolute Gasteiger partial charge is 0.162 e. The minimum absolute atomic E-state index is 0.0305. The summed E-state index contributed by atoms with van der Waals surface area (Å²) in [5.41, 5.74) is 1.84. The van der Waals surface area contributed by atoms with E-state index in [4.69, 9.17) is 4.42 Å². The topological polar surface area (TPSA) is 58.3 Å². The fraction of sp³-hybridized carbons (Fsp3) is 0.188. The van der Waals surface area contributed by atoms with E-state index in [0.717, 1.165) is 32.7 Å². The van der Waals surface area contributed by atoms with Crippen molar-refractivity contribution in [2.75, 3.05) is 5.32 Å². The lowest BCUT2D eigenvalue weighted by atomic mass is 10.2. The number of rotatable bonds is 5. The maximum atomic E-state index is 9.31. The van der Waals surface area contributed by atoms with Crippen LogP contribution in [0.4, 0.5) is 5.69 Å². The Morgan fingerprint density at radius 2 is 2.10 bits per heavy atom. The molecule has 0 saturated carbocycles. The molecule has 2 aromatic heterocycles. The van der Waals surface area contributed by atoms with Gasteiger partial charge in [0.1, 0.15) is 5.76 Å². The lowest BCUT2D eigenvalue weighted by molar-refractivity contribution is 0.282. The number of nitrogens with one attached hydrogen (secondary N) is 1. The van der Waals surface area contributed by atoms with Gasteiger partial charge in [-0.05, 0) is 25.1 Å². The fourth-order valence-corrected chi connectivity index (χ4v) is 2.88. The van der Waals surface area contributed by atoms with Crippen LogP contribution >= 0.6 is 11.3 Å². The normalized spacial score (nSPS) is 10.8. The van der Waals surface area contributed by atoms with Crippen molar-refractivity contribution in [3.63, 3.8) is 0 Å². The third kappa shape index (κ3) is 3.15. The Morgan fingerprint density at radius 3 is 2.86 bits per heavy atom. The minimum Gasteiger partial charge on any atom is -0.459 e. The van der Waals surface area contributed by atoms with Crippen LogP contribution in [0.3, 0.4) is 0 Å². The van der Waals surface area contributed by atoms with E-state index in [0.29, 0.717) is 6.54 Å². The number of aryl methyl sites for hydroxylation is 1. The first-order valence-electron chi connectivity index (χ1n) is 6.70. The average molecular weight is 300 g/mol. The number of benzene rings is 1. The molecule has 0 bridgehead atoms. The summed E-state index contributed by atoms with van der Waals surface area (Å²) in [4.78, 5) is 5.51. The molecule has 2 N–H and O–H groups in total. The number of aliphatic hydroxyl groups excluding tert-OH is 1. The summed E-state index contributed by atoms with van der Waals surface area (Å²) < 4.78 is 5.58. The molecule has 2 heterocycles. The van der Waals surface area contributed by atoms with E-state index in [9.17, 15) is 5.11 Å². The standard InChI is InChI=1S/C16H16N2O2S/c1-11-6-7-15(20-11)16-18-9-13(21-16)8-17-14-5-3-2-4-12(14)10-19/h2-7,9,17,19H,8,10H2,1H3. The van der Waals surface area contributed by atoms with Gasteiger partial charge in [-0.25, -0.2) is 4.98 Å². The Balaban J connectivity index is 1.70. The molecule has 0 unspecified atom stereocenters. The largest absolute Gasteiger partial charge is 0.459 e. The van der Waals surface area contributed by atoms with Crippen LogP contribution in [0.5, 0.6) is 0 Å². The second-order valence-corrected chi connectivity index (χ2v) is 5.83. The highest BCUT2D eigenvalue weighted by atomic mass is 32.1. The van der Waals surface area contributed by atoms with Gasteiger partial charge in [-0.15, -0.1) is 11.3 Å². The van der Waals surface area contributed by atoms with Crippen LogP contribution in [-0.4, -0.2) is 10.1 Å². The van der Waals surface area contributed by atoms with E-state index in [1.54, 1.807) is 11.3 Å². The Kier molecular flexibility index (Phi) is 4.03. The number of hydrogen-bond acceptors (Lipinski definition) is 5. The van der Waals surface area contributed by atoms with Gasteiger partial charge >= 0.3 is 0 Å². The van der Waals surface area contributed by atoms with Crippen LogP contribution in [-0.2, 0) is 13.2 Å². The SMILES string of the molecule is Cc1ccc(-c2ncc(CNc3ccccc3CO)s2)o1. The molecule has 0 fully saturated rings. The molecule has 21 heavy (non-hydrogen) atoms. The number of furan rings is 1. The number of thiazole rings is 1. The zero-order valence-corrected chi connectivity index (χ0v) is 12.5. The predicted molar refractivity (Wildman–Crippen MR) is 84.2 cm³/mol. The van der Waals surface area contributed by atoms with E-state index < -0.39 is 0 Å². The molecule has 1 aromatic carbocycles. The highest BCUT2D eigenvalue weighted by Crippen LogP contribution is 2.27. The van der Waals surface area contributed by atoms with Crippen molar-refractivity contribution in [1.82, 2.24) is 4.98 Å². The van der Waals surface area contributed by atoms with E-state index in [1.807, 2.05) is 49.5 Å². The molecule has 3 aromatic rings. The second-order valence-electron chi connectivity index (χ2n) is 4.71. The third-order valence-electron chi connectivity index (χ3n) is 3.15. The Labute approximate surface area is 127 Å². The van der Waals surface area contributed by atoms with E-state index >= 15 is 0 Å². The van der Waals surface area contributed by atoms with Gasteiger partial charge in [0.15, 0.2) is 10.8 Å². The third-order valence-corrected chi connectivity index (χ3v) is 4.16. The molecule has 0 aliphatic rings. The molecule has 0 aliphatic heterocycles. The number of aliphatic hydroxyl groups is 1. The van der Waals surface area contributed by atoms with Gasteiger partial charge in [-0.3, -0.25) is 0 Å². The molecule has 0 radical (unpaired) electrons. The molecular formula is C16H16N2O2S. The molecule has 5 heteroatoms. The quantitative estimate of drug-likeness (QED) is 0.752. The molecule has 3 rings (SSSR count). The summed E-state index contributed by atoms with van der Waals surface area (Å²) in [6, 6.07) is 11.6. The monoisotopic (exact) mass is 300 g/mol. The lowest BCUT2D eigenvalue weighted by Gasteiger charge is -2.08. The summed E-state index contributed by atoms with van der Waals surface area (Å²) in [5, 5.41) is 13.5. The maximum Gasteiger partial charge on any atom is 0.162 e. The van der Waals surface area contributed by atoms with E-state index in [1.165, 1.54) is 0 Å². The van der Waals surface area contributed by atoms with Gasteiger partial charge in [0, 0.05) is 22.3 Å². The Hall–Kier alpha value is -2.11. The summed E-state index contributed by atoms with van der Waals surface area (Å²) in [6.45, 7) is 2.63. The van der Waals surface area contributed by atoms with Crippen molar-refractivity contribution in [1.29, 1.82) is 0 Å². The fourth-order valence-electron chi connectivity index (χ4n) is 2.07. The first-order valence-corrected chi connectivity index (χ1v) is 7.52. The number of para-hydroxylation sites is 1. The first-order chi connectivity index (χ1) is 10.3.